The Morgan fingerprint density at radius 3 is 2.16 bits per heavy atom. The molecule has 0 fully saturated rings. The summed E-state index contributed by atoms with van der Waals surface area (Å²) in [5.41, 5.74) is 2.81. The van der Waals surface area contributed by atoms with E-state index in [1.165, 1.54) is 7.11 Å². The molecule has 3 aromatic carbocycles. The second-order valence-electron chi connectivity index (χ2n) is 7.06. The number of methoxy groups -OCH3 is 1. The lowest BCUT2D eigenvalue weighted by Crippen LogP contribution is -2.40. The van der Waals surface area contributed by atoms with E-state index in [2.05, 4.69) is 5.32 Å². The van der Waals surface area contributed by atoms with Crippen molar-refractivity contribution in [1.82, 2.24) is 5.32 Å². The zero-order valence-electron chi connectivity index (χ0n) is 16.9. The molecule has 3 rings (SSSR count). The third kappa shape index (κ3) is 5.81. The van der Waals surface area contributed by atoms with Gasteiger partial charge in [0.25, 0.3) is 0 Å². The number of carbonyl (C=O) groups is 1. The van der Waals surface area contributed by atoms with Gasteiger partial charge in [0.1, 0.15) is 17.6 Å². The molecule has 2 atom stereocenters. The van der Waals surface area contributed by atoms with Crippen LogP contribution in [0.5, 0.6) is 5.75 Å². The van der Waals surface area contributed by atoms with Gasteiger partial charge in [0.2, 0.25) is 0 Å². The van der Waals surface area contributed by atoms with Crippen LogP contribution in [0.4, 0.5) is 0 Å². The number of carboxylic acid groups (broad SMARTS) is 1. The smallest absolute Gasteiger partial charge is 0.346 e. The molecule has 3 aromatic rings. The Kier molecular flexibility index (Phi) is 7.25. The number of carboxylic acids is 1. The van der Waals surface area contributed by atoms with Gasteiger partial charge in [-0.25, -0.2) is 0 Å². The predicted octanol–water partition coefficient (Wildman–Crippen LogP) is 3.82. The molecule has 0 aliphatic heterocycles. The fourth-order valence-corrected chi connectivity index (χ4v) is 4.32. The van der Waals surface area contributed by atoms with E-state index in [1.54, 1.807) is 42.5 Å². The minimum atomic E-state index is -4.66. The number of hydrogen-bond acceptors (Lipinski definition) is 4. The van der Waals surface area contributed by atoms with E-state index in [0.717, 1.165) is 11.1 Å². The lowest BCUT2D eigenvalue weighted by Gasteiger charge is -2.25. The second kappa shape index (κ2) is 9.90. The Hall–Kier alpha value is -2.96. The van der Waals surface area contributed by atoms with Crippen LogP contribution < -0.4 is 10.1 Å². The minimum absolute atomic E-state index is 0.0180. The average molecular weight is 441 g/mol. The first-order valence-corrected chi connectivity index (χ1v) is 11.3. The van der Waals surface area contributed by atoms with Crippen LogP contribution in [0, 0.1) is 0 Å². The molecule has 0 amide bonds. The molecule has 0 saturated heterocycles. The molecule has 0 saturated carbocycles. The van der Waals surface area contributed by atoms with Gasteiger partial charge in [-0.3, -0.25) is 14.7 Å². The number of ether oxygens (including phenoxy) is 1. The van der Waals surface area contributed by atoms with Gasteiger partial charge in [0.15, 0.2) is 0 Å². The van der Waals surface area contributed by atoms with Gasteiger partial charge >= 0.3 is 13.6 Å². The highest BCUT2D eigenvalue weighted by atomic mass is 31.2. The van der Waals surface area contributed by atoms with Gasteiger partial charge in [-0.1, -0.05) is 72.8 Å². The Bertz CT molecular complexity index is 1070. The Morgan fingerprint density at radius 2 is 1.61 bits per heavy atom. The molecular formula is C23H24NO6P. The molecule has 0 heterocycles. The van der Waals surface area contributed by atoms with E-state index in [9.17, 15) is 24.3 Å². The maximum absolute atomic E-state index is 12.1. The fourth-order valence-electron chi connectivity index (χ4n) is 3.39. The number of nitrogens with one attached hydrogen (secondary N) is 1. The van der Waals surface area contributed by atoms with Crippen molar-refractivity contribution in [3.8, 4) is 16.9 Å². The highest BCUT2D eigenvalue weighted by Crippen LogP contribution is 2.50. The summed E-state index contributed by atoms with van der Waals surface area (Å²) in [7, 11) is -3.12. The topological polar surface area (TPSA) is 116 Å². The lowest BCUT2D eigenvalue weighted by atomic mass is 9.99. The summed E-state index contributed by atoms with van der Waals surface area (Å²) in [6.45, 7) is 0. The molecule has 4 N–H and O–H groups in total. The second-order valence-corrected chi connectivity index (χ2v) is 8.76. The van der Waals surface area contributed by atoms with Crippen LogP contribution in [-0.2, 0) is 15.8 Å². The number of benzene rings is 3. The van der Waals surface area contributed by atoms with Gasteiger partial charge < -0.3 is 19.6 Å². The van der Waals surface area contributed by atoms with Gasteiger partial charge in [-0.2, -0.15) is 0 Å². The summed E-state index contributed by atoms with van der Waals surface area (Å²) in [6.07, 6.45) is 0.0180. The van der Waals surface area contributed by atoms with Crippen molar-refractivity contribution >= 4 is 13.6 Å². The summed E-state index contributed by atoms with van der Waals surface area (Å²) in [4.78, 5) is 31.5. The van der Waals surface area contributed by atoms with Gasteiger partial charge in [0, 0.05) is 5.56 Å². The van der Waals surface area contributed by atoms with Crippen molar-refractivity contribution in [2.45, 2.75) is 18.2 Å². The average Bonchev–Trinajstić information content (AvgIpc) is 2.76. The Morgan fingerprint density at radius 1 is 1.00 bits per heavy atom. The normalized spacial score (nSPS) is 13.4. The van der Waals surface area contributed by atoms with Crippen molar-refractivity contribution in [3.63, 3.8) is 0 Å². The summed E-state index contributed by atoms with van der Waals surface area (Å²) in [5, 5.41) is 12.3. The third-order valence-electron chi connectivity index (χ3n) is 4.90. The lowest BCUT2D eigenvalue weighted by molar-refractivity contribution is -0.139. The van der Waals surface area contributed by atoms with E-state index in [-0.39, 0.29) is 6.42 Å². The van der Waals surface area contributed by atoms with Crippen LogP contribution in [0.2, 0.25) is 0 Å². The number of aliphatic carboxylic acids is 1. The molecule has 0 bridgehead atoms. The molecule has 7 nitrogen and oxygen atoms in total. The highest BCUT2D eigenvalue weighted by Gasteiger charge is 2.34. The molecule has 31 heavy (non-hydrogen) atoms. The molecule has 1 unspecified atom stereocenters. The van der Waals surface area contributed by atoms with Crippen LogP contribution in [0.25, 0.3) is 11.1 Å². The highest BCUT2D eigenvalue weighted by molar-refractivity contribution is 7.52. The van der Waals surface area contributed by atoms with Gasteiger partial charge in [0.05, 0.1) is 7.11 Å². The maximum Gasteiger partial charge on any atom is 0.346 e. The molecule has 0 aliphatic rings. The first-order chi connectivity index (χ1) is 14.8. The standard InChI is InChI=1S/C23H24NO6P/c1-30-21-15-16(12-13-19(21)17-8-4-2-5-9-17)14-20(23(25)26)24-22(31(27,28)29)18-10-6-3-7-11-18/h2-13,15,20,22,24H,14H2,1H3,(H,25,26)(H2,27,28,29)/t20-,22?/m0/s1. The van der Waals surface area contributed by atoms with Crippen LogP contribution in [-0.4, -0.2) is 34.0 Å². The van der Waals surface area contributed by atoms with Crippen molar-refractivity contribution < 1.29 is 29.0 Å². The monoisotopic (exact) mass is 441 g/mol. The Labute approximate surface area is 180 Å². The largest absolute Gasteiger partial charge is 0.496 e. The van der Waals surface area contributed by atoms with Crippen molar-refractivity contribution in [2.75, 3.05) is 7.11 Å². The third-order valence-corrected chi connectivity index (χ3v) is 6.02. The summed E-state index contributed by atoms with van der Waals surface area (Å²) >= 11 is 0. The quantitative estimate of drug-likeness (QED) is 0.373. The molecule has 162 valence electrons. The number of hydrogen-bond donors (Lipinski definition) is 4. The molecular weight excluding hydrogens is 417 g/mol. The van der Waals surface area contributed by atoms with E-state index < -0.39 is 25.4 Å². The molecule has 0 spiro atoms. The van der Waals surface area contributed by atoms with Crippen molar-refractivity contribution in [3.05, 3.63) is 90.0 Å². The first-order valence-electron chi connectivity index (χ1n) is 9.61. The van der Waals surface area contributed by atoms with E-state index in [4.69, 9.17) is 4.74 Å². The molecule has 0 aliphatic carbocycles. The van der Waals surface area contributed by atoms with Gasteiger partial charge in [-0.05, 0) is 29.2 Å². The van der Waals surface area contributed by atoms with E-state index in [0.29, 0.717) is 16.9 Å². The minimum Gasteiger partial charge on any atom is -0.496 e. The molecule has 0 aromatic heterocycles. The van der Waals surface area contributed by atoms with Crippen LogP contribution in [0.15, 0.2) is 78.9 Å². The number of rotatable bonds is 9. The summed E-state index contributed by atoms with van der Waals surface area (Å²) in [5.74, 6) is -2.05. The fraction of sp³-hybridized carbons (Fsp3) is 0.174. The molecule has 0 radical (unpaired) electrons. The maximum atomic E-state index is 12.1. The van der Waals surface area contributed by atoms with Crippen LogP contribution in [0.3, 0.4) is 0 Å². The van der Waals surface area contributed by atoms with E-state index in [1.807, 2.05) is 36.4 Å². The SMILES string of the molecule is COc1cc(C[C@H](NC(c2ccccc2)P(=O)(O)O)C(=O)O)ccc1-c1ccccc1. The van der Waals surface area contributed by atoms with E-state index >= 15 is 0 Å². The summed E-state index contributed by atoms with van der Waals surface area (Å²) in [6, 6.07) is 21.9. The zero-order chi connectivity index (χ0) is 22.4. The zero-order valence-corrected chi connectivity index (χ0v) is 17.8. The predicted molar refractivity (Wildman–Crippen MR) is 118 cm³/mol. The van der Waals surface area contributed by atoms with Crippen molar-refractivity contribution in [2.24, 2.45) is 0 Å². The van der Waals surface area contributed by atoms with Crippen LogP contribution >= 0.6 is 7.60 Å². The van der Waals surface area contributed by atoms with Gasteiger partial charge in [-0.15, -0.1) is 0 Å². The molecule has 8 heteroatoms. The first kappa shape index (κ1) is 22.7. The van der Waals surface area contributed by atoms with Crippen molar-refractivity contribution in [1.29, 1.82) is 0 Å². The summed E-state index contributed by atoms with van der Waals surface area (Å²) < 4.78 is 17.6. The van der Waals surface area contributed by atoms with Crippen LogP contribution in [0.1, 0.15) is 16.9 Å². The Balaban J connectivity index is 1.87.